The molecule has 19 heavy (non-hydrogen) atoms. The smallest absolute Gasteiger partial charge is 0.0622 e. The summed E-state index contributed by atoms with van der Waals surface area (Å²) in [5.74, 6) is 5.69. The molecule has 1 heterocycles. The van der Waals surface area contributed by atoms with Crippen LogP contribution in [-0.2, 0) is 6.42 Å². The predicted molar refractivity (Wildman–Crippen MR) is 78.9 cm³/mol. The Balaban J connectivity index is 2.28. The van der Waals surface area contributed by atoms with E-state index in [1.807, 2.05) is 6.07 Å². The van der Waals surface area contributed by atoms with Gasteiger partial charge in [0.1, 0.15) is 0 Å². The molecule has 0 bridgehead atoms. The highest BCUT2D eigenvalue weighted by Gasteiger charge is 2.13. The fourth-order valence-corrected chi connectivity index (χ4v) is 2.47. The molecule has 0 aliphatic carbocycles. The monoisotopic (exact) mass is 275 g/mol. The minimum atomic E-state index is 0.0403. The van der Waals surface area contributed by atoms with Crippen molar-refractivity contribution in [2.45, 2.75) is 26.3 Å². The van der Waals surface area contributed by atoms with Crippen LogP contribution >= 0.6 is 11.6 Å². The van der Waals surface area contributed by atoms with E-state index in [1.54, 1.807) is 12.4 Å². The maximum atomic E-state index is 6.14. The van der Waals surface area contributed by atoms with Gasteiger partial charge in [0.25, 0.3) is 0 Å². The van der Waals surface area contributed by atoms with Crippen molar-refractivity contribution >= 4 is 11.6 Å². The van der Waals surface area contributed by atoms with Crippen LogP contribution in [0.25, 0.3) is 0 Å². The lowest BCUT2D eigenvalue weighted by Gasteiger charge is -2.18. The Bertz CT molecular complexity index is 549. The lowest BCUT2D eigenvalue weighted by Crippen LogP contribution is -2.29. The molecule has 1 unspecified atom stereocenters. The fourth-order valence-electron chi connectivity index (χ4n) is 2.27. The minimum absolute atomic E-state index is 0.0403. The highest BCUT2D eigenvalue weighted by Crippen LogP contribution is 2.23. The summed E-state index contributed by atoms with van der Waals surface area (Å²) in [5.41, 5.74) is 7.55. The van der Waals surface area contributed by atoms with Crippen LogP contribution in [0.15, 0.2) is 36.7 Å². The van der Waals surface area contributed by atoms with Gasteiger partial charge in [0.15, 0.2) is 0 Å². The van der Waals surface area contributed by atoms with Crippen LogP contribution in [0.3, 0.4) is 0 Å². The Labute approximate surface area is 118 Å². The third kappa shape index (κ3) is 3.53. The minimum Gasteiger partial charge on any atom is -0.271 e. The molecule has 0 radical (unpaired) electrons. The molecule has 1 aromatic carbocycles. The second kappa shape index (κ2) is 6.15. The number of nitrogens with zero attached hydrogens (tertiary/aromatic N) is 1. The second-order valence-corrected chi connectivity index (χ2v) is 5.22. The van der Waals surface area contributed by atoms with Crippen LogP contribution in [0.1, 0.15) is 28.3 Å². The van der Waals surface area contributed by atoms with E-state index in [2.05, 4.69) is 42.5 Å². The van der Waals surface area contributed by atoms with E-state index in [0.29, 0.717) is 5.02 Å². The lowest BCUT2D eigenvalue weighted by atomic mass is 9.97. The number of nitrogens with one attached hydrogen (secondary N) is 1. The van der Waals surface area contributed by atoms with Crippen molar-refractivity contribution in [1.29, 1.82) is 0 Å². The number of hydrazine groups is 1. The molecule has 0 spiro atoms. The zero-order chi connectivity index (χ0) is 13.8. The second-order valence-electron chi connectivity index (χ2n) is 4.81. The van der Waals surface area contributed by atoms with Crippen LogP contribution in [0.5, 0.6) is 0 Å². The van der Waals surface area contributed by atoms with Crippen molar-refractivity contribution in [3.63, 3.8) is 0 Å². The number of rotatable bonds is 4. The third-order valence-corrected chi connectivity index (χ3v) is 3.47. The van der Waals surface area contributed by atoms with Gasteiger partial charge in [-0.15, -0.1) is 0 Å². The van der Waals surface area contributed by atoms with Crippen LogP contribution < -0.4 is 11.3 Å². The SMILES string of the molecule is Cc1cc(C)cc(C(Cc2ccncc2Cl)NN)c1. The first-order valence-electron chi connectivity index (χ1n) is 6.23. The highest BCUT2D eigenvalue weighted by molar-refractivity contribution is 6.31. The Hall–Kier alpha value is -1.42. The highest BCUT2D eigenvalue weighted by atomic mass is 35.5. The predicted octanol–water partition coefficient (Wildman–Crippen LogP) is 3.10. The summed E-state index contributed by atoms with van der Waals surface area (Å²) in [6, 6.07) is 8.41. The summed E-state index contributed by atoms with van der Waals surface area (Å²) in [6.07, 6.45) is 4.14. The average molecular weight is 276 g/mol. The van der Waals surface area contributed by atoms with Gasteiger partial charge in [-0.05, 0) is 37.5 Å². The van der Waals surface area contributed by atoms with Gasteiger partial charge in [0.2, 0.25) is 0 Å². The molecule has 100 valence electrons. The number of benzene rings is 1. The largest absolute Gasteiger partial charge is 0.271 e. The van der Waals surface area contributed by atoms with Crippen LogP contribution in [0.4, 0.5) is 0 Å². The topological polar surface area (TPSA) is 50.9 Å². The molecule has 3 nitrogen and oxygen atoms in total. The zero-order valence-corrected chi connectivity index (χ0v) is 11.9. The molecular formula is C15H18ClN3. The maximum absolute atomic E-state index is 6.14. The van der Waals surface area contributed by atoms with E-state index in [0.717, 1.165) is 12.0 Å². The van der Waals surface area contributed by atoms with E-state index in [1.165, 1.54) is 16.7 Å². The van der Waals surface area contributed by atoms with Crippen LogP contribution in [-0.4, -0.2) is 4.98 Å². The van der Waals surface area contributed by atoms with Gasteiger partial charge in [0.05, 0.1) is 11.1 Å². The lowest BCUT2D eigenvalue weighted by molar-refractivity contribution is 0.551. The van der Waals surface area contributed by atoms with Crippen molar-refractivity contribution in [2.75, 3.05) is 0 Å². The maximum Gasteiger partial charge on any atom is 0.0622 e. The first-order chi connectivity index (χ1) is 9.10. The Morgan fingerprint density at radius 2 is 1.95 bits per heavy atom. The number of aryl methyl sites for hydroxylation is 2. The van der Waals surface area contributed by atoms with E-state index < -0.39 is 0 Å². The van der Waals surface area contributed by atoms with E-state index in [9.17, 15) is 0 Å². The van der Waals surface area contributed by atoms with Gasteiger partial charge >= 0.3 is 0 Å². The van der Waals surface area contributed by atoms with Crippen molar-refractivity contribution in [2.24, 2.45) is 5.84 Å². The first-order valence-corrected chi connectivity index (χ1v) is 6.60. The van der Waals surface area contributed by atoms with Crippen LogP contribution in [0.2, 0.25) is 5.02 Å². The molecule has 4 heteroatoms. The van der Waals surface area contributed by atoms with Gasteiger partial charge in [0, 0.05) is 12.4 Å². The van der Waals surface area contributed by atoms with Gasteiger partial charge in [-0.1, -0.05) is 40.9 Å². The number of aromatic nitrogens is 1. The van der Waals surface area contributed by atoms with E-state index >= 15 is 0 Å². The third-order valence-electron chi connectivity index (χ3n) is 3.13. The Morgan fingerprint density at radius 1 is 1.26 bits per heavy atom. The molecule has 1 aromatic heterocycles. The molecule has 2 rings (SSSR count). The number of hydrogen-bond acceptors (Lipinski definition) is 3. The molecule has 0 amide bonds. The van der Waals surface area contributed by atoms with Crippen molar-refractivity contribution in [3.8, 4) is 0 Å². The molecule has 1 atom stereocenters. The number of halogens is 1. The summed E-state index contributed by atoms with van der Waals surface area (Å²) in [7, 11) is 0. The normalized spacial score (nSPS) is 12.4. The fraction of sp³-hybridized carbons (Fsp3) is 0.267. The summed E-state index contributed by atoms with van der Waals surface area (Å²) < 4.78 is 0. The molecule has 0 fully saturated rings. The average Bonchev–Trinajstić information content (AvgIpc) is 2.36. The molecule has 0 aliphatic heterocycles. The summed E-state index contributed by atoms with van der Waals surface area (Å²) in [4.78, 5) is 4.00. The summed E-state index contributed by atoms with van der Waals surface area (Å²) in [6.45, 7) is 4.17. The zero-order valence-electron chi connectivity index (χ0n) is 11.2. The van der Waals surface area contributed by atoms with Crippen molar-refractivity contribution in [3.05, 3.63) is 63.9 Å². The first kappa shape index (κ1) is 14.0. The Kier molecular flexibility index (Phi) is 4.53. The summed E-state index contributed by atoms with van der Waals surface area (Å²) >= 11 is 6.14. The number of pyridine rings is 1. The Morgan fingerprint density at radius 3 is 2.53 bits per heavy atom. The number of nitrogens with two attached hydrogens (primary N) is 1. The molecule has 0 saturated carbocycles. The van der Waals surface area contributed by atoms with Crippen molar-refractivity contribution < 1.29 is 0 Å². The van der Waals surface area contributed by atoms with Gasteiger partial charge in [-0.2, -0.15) is 0 Å². The van der Waals surface area contributed by atoms with Crippen LogP contribution in [0, 0.1) is 13.8 Å². The molecule has 0 aliphatic rings. The molecule has 0 saturated heterocycles. The van der Waals surface area contributed by atoms with Gasteiger partial charge in [-0.25, -0.2) is 0 Å². The molecule has 2 aromatic rings. The quantitative estimate of drug-likeness (QED) is 0.666. The molecular weight excluding hydrogens is 258 g/mol. The summed E-state index contributed by atoms with van der Waals surface area (Å²) in [5, 5.41) is 0.673. The van der Waals surface area contributed by atoms with E-state index in [4.69, 9.17) is 17.4 Å². The van der Waals surface area contributed by atoms with Gasteiger partial charge in [-0.3, -0.25) is 16.3 Å². The number of hydrogen-bond donors (Lipinski definition) is 2. The van der Waals surface area contributed by atoms with E-state index in [-0.39, 0.29) is 6.04 Å². The van der Waals surface area contributed by atoms with Crippen molar-refractivity contribution in [1.82, 2.24) is 10.4 Å². The standard InChI is InChI=1S/C15H18ClN3/c1-10-5-11(2)7-13(6-10)15(19-17)8-12-3-4-18-9-14(12)16/h3-7,9,15,19H,8,17H2,1-2H3. The molecule has 3 N–H and O–H groups in total. The van der Waals surface area contributed by atoms with Gasteiger partial charge < -0.3 is 0 Å².